The van der Waals surface area contributed by atoms with Gasteiger partial charge in [0, 0.05) is 31.8 Å². The number of para-hydroxylation sites is 1. The van der Waals surface area contributed by atoms with Gasteiger partial charge in [-0.05, 0) is 102 Å². The first kappa shape index (κ1) is 24.6. The van der Waals surface area contributed by atoms with Crippen molar-refractivity contribution < 1.29 is 19.0 Å². The van der Waals surface area contributed by atoms with Crippen LogP contribution < -0.4 is 9.47 Å². The summed E-state index contributed by atoms with van der Waals surface area (Å²) < 4.78 is 16.8. The van der Waals surface area contributed by atoms with E-state index in [9.17, 15) is 4.79 Å². The van der Waals surface area contributed by atoms with E-state index in [-0.39, 0.29) is 5.91 Å². The van der Waals surface area contributed by atoms with Crippen molar-refractivity contribution in [2.75, 3.05) is 40.6 Å². The molecule has 0 radical (unpaired) electrons. The zero-order valence-electron chi connectivity index (χ0n) is 21.5. The van der Waals surface area contributed by atoms with Gasteiger partial charge in [0.15, 0.2) is 11.5 Å². The van der Waals surface area contributed by atoms with Crippen LogP contribution in [0.3, 0.4) is 0 Å². The Labute approximate surface area is 210 Å². The summed E-state index contributed by atoms with van der Waals surface area (Å²) in [4.78, 5) is 17.4. The van der Waals surface area contributed by atoms with Crippen molar-refractivity contribution in [3.8, 4) is 11.5 Å². The molecule has 6 heteroatoms. The second kappa shape index (κ2) is 11.3. The number of carbonyl (C=O) groups is 1. The van der Waals surface area contributed by atoms with Crippen molar-refractivity contribution in [1.82, 2.24) is 9.80 Å². The van der Waals surface area contributed by atoms with Crippen LogP contribution >= 0.6 is 0 Å². The van der Waals surface area contributed by atoms with Crippen LogP contribution in [0, 0.1) is 5.92 Å². The van der Waals surface area contributed by atoms with Gasteiger partial charge in [-0.25, -0.2) is 0 Å². The van der Waals surface area contributed by atoms with E-state index >= 15 is 0 Å². The van der Waals surface area contributed by atoms with Crippen molar-refractivity contribution in [2.45, 2.75) is 82.3 Å². The first-order valence-corrected chi connectivity index (χ1v) is 13.7. The summed E-state index contributed by atoms with van der Waals surface area (Å²) in [6.07, 6.45) is 13.6. The Balaban J connectivity index is 1.02. The van der Waals surface area contributed by atoms with Gasteiger partial charge in [0.1, 0.15) is 0 Å². The van der Waals surface area contributed by atoms with E-state index in [1.807, 2.05) is 24.1 Å². The molecule has 192 valence electrons. The molecule has 0 aromatic heterocycles. The highest BCUT2D eigenvalue weighted by Crippen LogP contribution is 2.42. The van der Waals surface area contributed by atoms with Crippen LogP contribution in [0.4, 0.5) is 0 Å². The van der Waals surface area contributed by atoms with Crippen molar-refractivity contribution in [3.05, 3.63) is 35.4 Å². The molecule has 1 atom stereocenters. The van der Waals surface area contributed by atoms with Gasteiger partial charge >= 0.3 is 0 Å². The first-order chi connectivity index (χ1) is 17.1. The van der Waals surface area contributed by atoms with Gasteiger partial charge < -0.3 is 24.0 Å². The zero-order chi connectivity index (χ0) is 24.2. The molecule has 5 rings (SSSR count). The lowest BCUT2D eigenvalue weighted by molar-refractivity contribution is -0.127. The molecule has 2 aliphatic heterocycles. The number of nitrogens with zero attached hydrogens (tertiary/aromatic N) is 2. The van der Waals surface area contributed by atoms with Crippen molar-refractivity contribution in [2.24, 2.45) is 5.92 Å². The lowest BCUT2D eigenvalue weighted by Gasteiger charge is -2.36. The Morgan fingerprint density at radius 2 is 1.91 bits per heavy atom. The summed E-state index contributed by atoms with van der Waals surface area (Å²) in [5, 5.41) is 0. The maximum atomic E-state index is 12.8. The third kappa shape index (κ3) is 5.86. The molecule has 1 aromatic carbocycles. The van der Waals surface area contributed by atoms with Crippen LogP contribution in [0.15, 0.2) is 29.8 Å². The highest BCUT2D eigenvalue weighted by molar-refractivity contribution is 5.88. The number of ether oxygens (including phenoxy) is 3. The minimum Gasteiger partial charge on any atom is -0.454 e. The Kier molecular flexibility index (Phi) is 7.98. The van der Waals surface area contributed by atoms with E-state index in [2.05, 4.69) is 17.0 Å². The van der Waals surface area contributed by atoms with Crippen molar-refractivity contribution >= 4 is 5.91 Å². The number of methoxy groups -OCH3 is 1. The van der Waals surface area contributed by atoms with Crippen LogP contribution in [-0.2, 0) is 9.53 Å². The van der Waals surface area contributed by atoms with Gasteiger partial charge in [-0.2, -0.15) is 0 Å². The summed E-state index contributed by atoms with van der Waals surface area (Å²) in [6.45, 7) is 3.89. The average molecular weight is 483 g/mol. The number of amides is 1. The highest BCUT2D eigenvalue weighted by atomic mass is 16.7. The minimum absolute atomic E-state index is 0.184. The fourth-order valence-corrected chi connectivity index (χ4v) is 6.56. The summed E-state index contributed by atoms with van der Waals surface area (Å²) in [7, 11) is 3.76. The first-order valence-electron chi connectivity index (χ1n) is 13.7. The monoisotopic (exact) mass is 482 g/mol. The number of rotatable bonds is 7. The number of likely N-dealkylation sites (N-methyl/N-ethyl adjacent to an activating group) is 1. The molecule has 2 aliphatic carbocycles. The molecule has 3 fully saturated rings. The van der Waals surface area contributed by atoms with Crippen LogP contribution in [0.5, 0.6) is 11.5 Å². The molecular weight excluding hydrogens is 440 g/mol. The van der Waals surface area contributed by atoms with Gasteiger partial charge in [-0.1, -0.05) is 17.7 Å². The predicted octanol–water partition coefficient (Wildman–Crippen LogP) is 5.13. The fourth-order valence-electron chi connectivity index (χ4n) is 6.56. The normalized spacial score (nSPS) is 28.5. The topological polar surface area (TPSA) is 51.2 Å². The molecule has 0 unspecified atom stereocenters. The lowest BCUT2D eigenvalue weighted by atomic mass is 9.83. The van der Waals surface area contributed by atoms with Crippen molar-refractivity contribution in [1.29, 1.82) is 0 Å². The number of hydrogen-bond acceptors (Lipinski definition) is 5. The van der Waals surface area contributed by atoms with E-state index in [0.29, 0.717) is 24.9 Å². The molecule has 35 heavy (non-hydrogen) atoms. The second-order valence-corrected chi connectivity index (χ2v) is 11.0. The summed E-state index contributed by atoms with van der Waals surface area (Å²) in [6, 6.07) is 6.71. The SMILES string of the molecule is CO[C@@H]1CC/C(=C\C(=O)N(C)C2CCC(CCN3CCC(c4cccc5c4OCO5)CC3)CC2)C1. The third-order valence-electron chi connectivity index (χ3n) is 8.96. The van der Waals surface area contributed by atoms with Gasteiger partial charge in [-0.3, -0.25) is 4.79 Å². The van der Waals surface area contributed by atoms with E-state index < -0.39 is 0 Å². The van der Waals surface area contributed by atoms with Crippen LogP contribution in [-0.4, -0.2) is 68.4 Å². The summed E-state index contributed by atoms with van der Waals surface area (Å²) >= 11 is 0. The van der Waals surface area contributed by atoms with Gasteiger partial charge in [-0.15, -0.1) is 0 Å². The maximum absolute atomic E-state index is 12.8. The minimum atomic E-state index is 0.184. The Morgan fingerprint density at radius 3 is 2.66 bits per heavy atom. The summed E-state index contributed by atoms with van der Waals surface area (Å²) in [5.41, 5.74) is 2.59. The van der Waals surface area contributed by atoms with Gasteiger partial charge in [0.25, 0.3) is 0 Å². The van der Waals surface area contributed by atoms with Gasteiger partial charge in [0.05, 0.1) is 6.10 Å². The molecule has 4 aliphatic rings. The van der Waals surface area contributed by atoms with E-state index in [4.69, 9.17) is 14.2 Å². The number of benzene rings is 1. The maximum Gasteiger partial charge on any atom is 0.246 e. The molecule has 2 heterocycles. The van der Waals surface area contributed by atoms with E-state index in [1.165, 1.54) is 62.9 Å². The Hall–Kier alpha value is -2.05. The molecule has 1 aromatic rings. The number of carbonyl (C=O) groups excluding carboxylic acids is 1. The fraction of sp³-hybridized carbons (Fsp3) is 0.690. The predicted molar refractivity (Wildman–Crippen MR) is 137 cm³/mol. The van der Waals surface area contributed by atoms with Crippen LogP contribution in [0.2, 0.25) is 0 Å². The molecule has 6 nitrogen and oxygen atoms in total. The molecule has 1 saturated heterocycles. The molecule has 0 N–H and O–H groups in total. The van der Waals surface area contributed by atoms with Crippen LogP contribution in [0.25, 0.3) is 0 Å². The number of hydrogen-bond donors (Lipinski definition) is 0. The van der Waals surface area contributed by atoms with E-state index in [0.717, 1.165) is 49.5 Å². The average Bonchev–Trinajstić information content (AvgIpc) is 3.57. The quantitative estimate of drug-likeness (QED) is 0.505. The molecular formula is C29H42N2O4. The number of likely N-dealkylation sites (tertiary alicyclic amines) is 1. The van der Waals surface area contributed by atoms with Crippen LogP contribution in [0.1, 0.15) is 75.7 Å². The van der Waals surface area contributed by atoms with Crippen molar-refractivity contribution in [3.63, 3.8) is 0 Å². The largest absolute Gasteiger partial charge is 0.454 e. The third-order valence-corrected chi connectivity index (χ3v) is 8.96. The zero-order valence-corrected chi connectivity index (χ0v) is 21.5. The Morgan fingerprint density at radius 1 is 1.11 bits per heavy atom. The molecule has 1 amide bonds. The smallest absolute Gasteiger partial charge is 0.246 e. The standard InChI is InChI=1S/C29H42N2O4/c1-30(28(32)19-22-8-11-25(18-22)33-2)24-9-6-21(7-10-24)12-15-31-16-13-23(14-17-31)26-4-3-5-27-29(26)35-20-34-27/h3-5,19,21,23-25H,6-18,20H2,1-2H3/b22-19+/t21?,24?,25-/m1/s1. The van der Waals surface area contributed by atoms with E-state index in [1.54, 1.807) is 7.11 Å². The number of fused-ring (bicyclic) bond motifs is 1. The highest BCUT2D eigenvalue weighted by Gasteiger charge is 2.29. The molecule has 0 bridgehead atoms. The van der Waals surface area contributed by atoms with Gasteiger partial charge in [0.2, 0.25) is 12.7 Å². The molecule has 0 spiro atoms. The lowest BCUT2D eigenvalue weighted by Crippen LogP contribution is -2.39. The molecule has 2 saturated carbocycles. The Bertz CT molecular complexity index is 900. The second-order valence-electron chi connectivity index (χ2n) is 11.0. The number of piperidine rings is 1. The summed E-state index contributed by atoms with van der Waals surface area (Å²) in [5.74, 6) is 3.44.